The van der Waals surface area contributed by atoms with Gasteiger partial charge in [-0.15, -0.1) is 0 Å². The molecule has 2 fully saturated rings. The molecule has 2 atom stereocenters. The lowest BCUT2D eigenvalue weighted by Crippen LogP contribution is -2.36. The van der Waals surface area contributed by atoms with Crippen LogP contribution in [0.5, 0.6) is 0 Å². The summed E-state index contributed by atoms with van der Waals surface area (Å²) in [5.41, 5.74) is 2.11. The highest BCUT2D eigenvalue weighted by Crippen LogP contribution is 2.41. The highest BCUT2D eigenvalue weighted by molar-refractivity contribution is 5.40. The molecular formula is C15H18N2. The van der Waals surface area contributed by atoms with E-state index in [9.17, 15) is 5.26 Å². The minimum atomic E-state index is 0.496. The van der Waals surface area contributed by atoms with Crippen molar-refractivity contribution in [3.8, 4) is 6.07 Å². The van der Waals surface area contributed by atoms with Crippen LogP contribution in [-0.2, 0) is 0 Å². The Bertz CT molecular complexity index is 446. The summed E-state index contributed by atoms with van der Waals surface area (Å²) in [5.74, 6) is 0. The van der Waals surface area contributed by atoms with Gasteiger partial charge in [0.1, 0.15) is 0 Å². The molecule has 2 saturated heterocycles. The van der Waals surface area contributed by atoms with Gasteiger partial charge in [0.05, 0.1) is 11.6 Å². The Morgan fingerprint density at radius 2 is 2.00 bits per heavy atom. The number of nitrogens with zero attached hydrogens (tertiary/aromatic N) is 2. The molecule has 0 N–H and O–H groups in total. The third kappa shape index (κ3) is 1.85. The molecule has 0 saturated carbocycles. The van der Waals surface area contributed by atoms with Crippen LogP contribution in [0.15, 0.2) is 24.3 Å². The van der Waals surface area contributed by atoms with Gasteiger partial charge in [0.25, 0.3) is 0 Å². The smallest absolute Gasteiger partial charge is 0.0995 e. The van der Waals surface area contributed by atoms with E-state index < -0.39 is 0 Å². The van der Waals surface area contributed by atoms with Crippen LogP contribution in [0.2, 0.25) is 0 Å². The molecule has 0 spiro atoms. The van der Waals surface area contributed by atoms with Gasteiger partial charge in [0, 0.05) is 12.1 Å². The molecule has 0 bridgehead atoms. The van der Waals surface area contributed by atoms with Crippen molar-refractivity contribution in [3.05, 3.63) is 35.4 Å². The molecule has 0 aliphatic carbocycles. The van der Waals surface area contributed by atoms with Crippen LogP contribution in [-0.4, -0.2) is 17.5 Å². The predicted octanol–water partition coefficient (Wildman–Crippen LogP) is 3.25. The van der Waals surface area contributed by atoms with E-state index in [1.54, 1.807) is 0 Å². The molecule has 88 valence electrons. The zero-order valence-electron chi connectivity index (χ0n) is 10.1. The van der Waals surface area contributed by atoms with Crippen LogP contribution >= 0.6 is 0 Å². The van der Waals surface area contributed by atoms with Crippen molar-refractivity contribution in [2.45, 2.75) is 44.2 Å². The van der Waals surface area contributed by atoms with Gasteiger partial charge >= 0.3 is 0 Å². The van der Waals surface area contributed by atoms with Gasteiger partial charge in [-0.2, -0.15) is 5.26 Å². The molecule has 2 nitrogen and oxygen atoms in total. The number of hydrogen-bond acceptors (Lipinski definition) is 2. The van der Waals surface area contributed by atoms with E-state index >= 15 is 0 Å². The zero-order chi connectivity index (χ0) is 11.7. The van der Waals surface area contributed by atoms with Gasteiger partial charge in [-0.3, -0.25) is 4.90 Å². The number of rotatable bonds is 1. The lowest BCUT2D eigenvalue weighted by Gasteiger charge is -2.34. The first-order chi connectivity index (χ1) is 8.40. The maximum atomic E-state index is 9.21. The van der Waals surface area contributed by atoms with E-state index in [0.717, 1.165) is 11.6 Å². The molecule has 0 aromatic heterocycles. The van der Waals surface area contributed by atoms with Crippen molar-refractivity contribution >= 4 is 0 Å². The summed E-state index contributed by atoms with van der Waals surface area (Å²) >= 11 is 0. The predicted molar refractivity (Wildman–Crippen MR) is 67.5 cm³/mol. The molecular weight excluding hydrogens is 208 g/mol. The van der Waals surface area contributed by atoms with E-state index in [4.69, 9.17) is 0 Å². The maximum Gasteiger partial charge on any atom is 0.0995 e. The molecule has 1 aromatic carbocycles. The van der Waals surface area contributed by atoms with Crippen LogP contribution < -0.4 is 0 Å². The van der Waals surface area contributed by atoms with Gasteiger partial charge < -0.3 is 0 Å². The Hall–Kier alpha value is -1.33. The monoisotopic (exact) mass is 226 g/mol. The quantitative estimate of drug-likeness (QED) is 0.735. The molecule has 3 rings (SSSR count). The van der Waals surface area contributed by atoms with Crippen molar-refractivity contribution in [1.82, 2.24) is 4.90 Å². The van der Waals surface area contributed by atoms with Crippen molar-refractivity contribution in [1.29, 1.82) is 5.26 Å². The minimum Gasteiger partial charge on any atom is -0.293 e. The van der Waals surface area contributed by atoms with Gasteiger partial charge in [-0.1, -0.05) is 24.6 Å². The summed E-state index contributed by atoms with van der Waals surface area (Å²) in [5, 5.41) is 9.21. The van der Waals surface area contributed by atoms with Crippen LogP contribution in [0.3, 0.4) is 0 Å². The first-order valence-electron chi connectivity index (χ1n) is 6.65. The van der Waals surface area contributed by atoms with Crippen LogP contribution in [0.25, 0.3) is 0 Å². The molecule has 0 unspecified atom stereocenters. The highest BCUT2D eigenvalue weighted by Gasteiger charge is 2.36. The van der Waals surface area contributed by atoms with E-state index in [-0.39, 0.29) is 0 Å². The SMILES string of the molecule is N#Cc1ccccc1[C@H]1CC[C@H]2CCCCN21. The van der Waals surface area contributed by atoms with E-state index in [1.807, 2.05) is 12.1 Å². The second-order valence-corrected chi connectivity index (χ2v) is 5.18. The Balaban J connectivity index is 1.92. The second kappa shape index (κ2) is 4.50. The fraction of sp³-hybridized carbons (Fsp3) is 0.533. The van der Waals surface area contributed by atoms with Gasteiger partial charge in [-0.05, 0) is 43.9 Å². The molecule has 0 radical (unpaired) electrons. The maximum absolute atomic E-state index is 9.21. The summed E-state index contributed by atoms with van der Waals surface area (Å²) in [6.45, 7) is 1.22. The van der Waals surface area contributed by atoms with Crippen molar-refractivity contribution in [2.24, 2.45) is 0 Å². The standard InChI is InChI=1S/C15H18N2/c16-11-12-5-1-2-7-14(12)15-9-8-13-6-3-4-10-17(13)15/h1-2,5,7,13,15H,3-4,6,8-10H2/t13-,15-/m1/s1. The van der Waals surface area contributed by atoms with Crippen molar-refractivity contribution in [2.75, 3.05) is 6.54 Å². The Kier molecular flexibility index (Phi) is 2.86. The molecule has 2 aliphatic heterocycles. The van der Waals surface area contributed by atoms with Crippen LogP contribution in [0.1, 0.15) is 49.3 Å². The molecule has 2 heterocycles. The largest absolute Gasteiger partial charge is 0.293 e. The van der Waals surface area contributed by atoms with Crippen molar-refractivity contribution in [3.63, 3.8) is 0 Å². The first kappa shape index (κ1) is 10.8. The molecule has 17 heavy (non-hydrogen) atoms. The number of piperidine rings is 1. The fourth-order valence-electron chi connectivity index (χ4n) is 3.48. The lowest BCUT2D eigenvalue weighted by molar-refractivity contribution is 0.150. The summed E-state index contributed by atoms with van der Waals surface area (Å²) < 4.78 is 0. The topological polar surface area (TPSA) is 27.0 Å². The molecule has 2 aliphatic rings. The number of hydrogen-bond donors (Lipinski definition) is 0. The summed E-state index contributed by atoms with van der Waals surface area (Å²) in [6.07, 6.45) is 6.59. The highest BCUT2D eigenvalue weighted by atomic mass is 15.2. The minimum absolute atomic E-state index is 0.496. The van der Waals surface area contributed by atoms with E-state index in [2.05, 4.69) is 23.1 Å². The molecule has 1 aromatic rings. The molecule has 0 amide bonds. The Labute approximate surface area is 103 Å². The zero-order valence-corrected chi connectivity index (χ0v) is 10.1. The third-order valence-corrected chi connectivity index (χ3v) is 4.29. The lowest BCUT2D eigenvalue weighted by atomic mass is 9.99. The van der Waals surface area contributed by atoms with Crippen LogP contribution in [0, 0.1) is 11.3 Å². The van der Waals surface area contributed by atoms with Gasteiger partial charge in [-0.25, -0.2) is 0 Å². The van der Waals surface area contributed by atoms with Gasteiger partial charge in [0.15, 0.2) is 0 Å². The van der Waals surface area contributed by atoms with Crippen LogP contribution in [0.4, 0.5) is 0 Å². The number of fused-ring (bicyclic) bond motifs is 1. The fourth-order valence-corrected chi connectivity index (χ4v) is 3.48. The molecule has 2 heteroatoms. The normalized spacial score (nSPS) is 28.6. The first-order valence-corrected chi connectivity index (χ1v) is 6.65. The second-order valence-electron chi connectivity index (χ2n) is 5.18. The Morgan fingerprint density at radius 1 is 1.12 bits per heavy atom. The van der Waals surface area contributed by atoms with Gasteiger partial charge in [0.2, 0.25) is 0 Å². The van der Waals surface area contributed by atoms with Crippen molar-refractivity contribution < 1.29 is 0 Å². The third-order valence-electron chi connectivity index (χ3n) is 4.29. The van der Waals surface area contributed by atoms with E-state index in [1.165, 1.54) is 44.2 Å². The van der Waals surface area contributed by atoms with E-state index in [0.29, 0.717) is 6.04 Å². The average Bonchev–Trinajstić information content (AvgIpc) is 2.82. The summed E-state index contributed by atoms with van der Waals surface area (Å²) in [4.78, 5) is 2.64. The summed E-state index contributed by atoms with van der Waals surface area (Å²) in [7, 11) is 0. The summed E-state index contributed by atoms with van der Waals surface area (Å²) in [6, 6.07) is 11.7. The number of nitriles is 1. The average molecular weight is 226 g/mol. The Morgan fingerprint density at radius 3 is 2.88 bits per heavy atom. The number of benzene rings is 1.